The fourth-order valence-corrected chi connectivity index (χ4v) is 2.39. The Morgan fingerprint density at radius 2 is 2.18 bits per heavy atom. The predicted octanol–water partition coefficient (Wildman–Crippen LogP) is 3.04. The topological polar surface area (TPSA) is 21.3 Å². The first-order valence-electron chi connectivity index (χ1n) is 6.29. The van der Waals surface area contributed by atoms with E-state index in [4.69, 9.17) is 4.74 Å². The quantitative estimate of drug-likeness (QED) is 0.872. The average Bonchev–Trinajstić information content (AvgIpc) is 2.34. The largest absolute Gasteiger partial charge is 0.487 e. The van der Waals surface area contributed by atoms with Gasteiger partial charge in [-0.05, 0) is 57.4 Å². The van der Waals surface area contributed by atoms with Gasteiger partial charge in [0.1, 0.15) is 6.10 Å². The van der Waals surface area contributed by atoms with E-state index in [9.17, 15) is 4.39 Å². The van der Waals surface area contributed by atoms with Crippen molar-refractivity contribution in [3.8, 4) is 5.75 Å². The van der Waals surface area contributed by atoms with Gasteiger partial charge in [-0.2, -0.15) is 0 Å². The second-order valence-electron chi connectivity index (χ2n) is 4.83. The third-order valence-electron chi connectivity index (χ3n) is 3.41. The SMILES string of the molecule is CNC1CCCC(Oc2cc(C)ccc2F)C1. The van der Waals surface area contributed by atoms with Crippen molar-refractivity contribution >= 4 is 0 Å². The summed E-state index contributed by atoms with van der Waals surface area (Å²) in [6.07, 6.45) is 4.45. The lowest BCUT2D eigenvalue weighted by Gasteiger charge is -2.29. The van der Waals surface area contributed by atoms with Crippen LogP contribution in [0, 0.1) is 12.7 Å². The summed E-state index contributed by atoms with van der Waals surface area (Å²) in [5.41, 5.74) is 1.03. The van der Waals surface area contributed by atoms with Crippen LogP contribution in [-0.4, -0.2) is 19.2 Å². The summed E-state index contributed by atoms with van der Waals surface area (Å²) in [4.78, 5) is 0. The standard InChI is InChI=1S/C14H20FNO/c1-10-6-7-13(15)14(8-10)17-12-5-3-4-11(9-12)16-2/h6-8,11-12,16H,3-5,9H2,1-2H3. The molecule has 1 aliphatic carbocycles. The Morgan fingerprint density at radius 1 is 1.35 bits per heavy atom. The van der Waals surface area contributed by atoms with Crippen LogP contribution in [0.3, 0.4) is 0 Å². The van der Waals surface area contributed by atoms with Crippen molar-refractivity contribution in [3.05, 3.63) is 29.6 Å². The number of rotatable bonds is 3. The summed E-state index contributed by atoms with van der Waals surface area (Å²) in [6, 6.07) is 5.52. The van der Waals surface area contributed by atoms with Gasteiger partial charge in [0.25, 0.3) is 0 Å². The van der Waals surface area contributed by atoms with E-state index in [1.54, 1.807) is 12.1 Å². The molecule has 3 heteroatoms. The Labute approximate surface area is 102 Å². The molecule has 0 heterocycles. The highest BCUT2D eigenvalue weighted by atomic mass is 19.1. The summed E-state index contributed by atoms with van der Waals surface area (Å²) < 4.78 is 19.3. The Hall–Kier alpha value is -1.09. The summed E-state index contributed by atoms with van der Waals surface area (Å²) >= 11 is 0. The van der Waals surface area contributed by atoms with Crippen LogP contribution in [0.25, 0.3) is 0 Å². The number of hydrogen-bond donors (Lipinski definition) is 1. The van der Waals surface area contributed by atoms with Gasteiger partial charge in [0.15, 0.2) is 11.6 Å². The first-order chi connectivity index (χ1) is 8.19. The lowest BCUT2D eigenvalue weighted by molar-refractivity contribution is 0.131. The molecular weight excluding hydrogens is 217 g/mol. The molecule has 2 rings (SSSR count). The molecule has 0 bridgehead atoms. The van der Waals surface area contributed by atoms with Gasteiger partial charge in [0.2, 0.25) is 0 Å². The first-order valence-corrected chi connectivity index (χ1v) is 6.29. The molecule has 0 aliphatic heterocycles. The van der Waals surface area contributed by atoms with Crippen molar-refractivity contribution < 1.29 is 9.13 Å². The molecule has 0 radical (unpaired) electrons. The number of aryl methyl sites for hydroxylation is 1. The van der Waals surface area contributed by atoms with Crippen molar-refractivity contribution in [2.24, 2.45) is 0 Å². The Balaban J connectivity index is 2.02. The van der Waals surface area contributed by atoms with E-state index >= 15 is 0 Å². The van der Waals surface area contributed by atoms with Crippen LogP contribution in [0.2, 0.25) is 0 Å². The molecule has 0 saturated heterocycles. The molecule has 0 aromatic heterocycles. The molecule has 1 N–H and O–H groups in total. The average molecular weight is 237 g/mol. The van der Waals surface area contributed by atoms with Crippen molar-refractivity contribution in [1.29, 1.82) is 0 Å². The van der Waals surface area contributed by atoms with Gasteiger partial charge in [-0.15, -0.1) is 0 Å². The van der Waals surface area contributed by atoms with Crippen molar-refractivity contribution in [3.63, 3.8) is 0 Å². The predicted molar refractivity (Wildman–Crippen MR) is 66.9 cm³/mol. The third kappa shape index (κ3) is 3.19. The smallest absolute Gasteiger partial charge is 0.165 e. The fourth-order valence-electron chi connectivity index (χ4n) is 2.39. The molecular formula is C14H20FNO. The van der Waals surface area contributed by atoms with Crippen LogP contribution in [0.4, 0.5) is 4.39 Å². The maximum atomic E-state index is 13.6. The Kier molecular flexibility index (Phi) is 4.00. The van der Waals surface area contributed by atoms with E-state index in [1.807, 2.05) is 14.0 Å². The summed E-state index contributed by atoms with van der Waals surface area (Å²) in [5, 5.41) is 3.27. The lowest BCUT2D eigenvalue weighted by atomic mass is 9.93. The van der Waals surface area contributed by atoms with E-state index in [-0.39, 0.29) is 11.9 Å². The van der Waals surface area contributed by atoms with Crippen molar-refractivity contribution in [1.82, 2.24) is 5.32 Å². The number of benzene rings is 1. The van der Waals surface area contributed by atoms with Crippen LogP contribution in [0.15, 0.2) is 18.2 Å². The molecule has 1 aromatic rings. The van der Waals surface area contributed by atoms with Crippen molar-refractivity contribution in [2.45, 2.75) is 44.8 Å². The van der Waals surface area contributed by atoms with E-state index in [0.717, 1.165) is 24.8 Å². The van der Waals surface area contributed by atoms with E-state index in [0.29, 0.717) is 11.8 Å². The summed E-state index contributed by atoms with van der Waals surface area (Å²) in [6.45, 7) is 1.95. The molecule has 1 fully saturated rings. The van der Waals surface area contributed by atoms with Crippen LogP contribution < -0.4 is 10.1 Å². The van der Waals surface area contributed by atoms with Gasteiger partial charge in [-0.3, -0.25) is 0 Å². The molecule has 2 atom stereocenters. The van der Waals surface area contributed by atoms with Gasteiger partial charge < -0.3 is 10.1 Å². The maximum Gasteiger partial charge on any atom is 0.165 e. The monoisotopic (exact) mass is 237 g/mol. The van der Waals surface area contributed by atoms with Crippen LogP contribution in [0.5, 0.6) is 5.75 Å². The molecule has 94 valence electrons. The fraction of sp³-hybridized carbons (Fsp3) is 0.571. The highest BCUT2D eigenvalue weighted by Gasteiger charge is 2.22. The second-order valence-corrected chi connectivity index (χ2v) is 4.83. The van der Waals surface area contributed by atoms with E-state index in [2.05, 4.69) is 5.32 Å². The van der Waals surface area contributed by atoms with Gasteiger partial charge in [-0.25, -0.2) is 4.39 Å². The van der Waals surface area contributed by atoms with Gasteiger partial charge in [-0.1, -0.05) is 6.07 Å². The Morgan fingerprint density at radius 3 is 2.94 bits per heavy atom. The van der Waals surface area contributed by atoms with Gasteiger partial charge in [0.05, 0.1) is 0 Å². The summed E-state index contributed by atoms with van der Waals surface area (Å²) in [7, 11) is 1.97. The van der Waals surface area contributed by atoms with Crippen LogP contribution in [-0.2, 0) is 0 Å². The molecule has 0 spiro atoms. The van der Waals surface area contributed by atoms with Crippen LogP contribution >= 0.6 is 0 Å². The van der Waals surface area contributed by atoms with Crippen LogP contribution in [0.1, 0.15) is 31.2 Å². The molecule has 1 saturated carbocycles. The molecule has 1 aromatic carbocycles. The number of ether oxygens (including phenoxy) is 1. The third-order valence-corrected chi connectivity index (χ3v) is 3.41. The number of nitrogens with one attached hydrogen (secondary N) is 1. The minimum atomic E-state index is -0.262. The zero-order valence-electron chi connectivity index (χ0n) is 10.5. The maximum absolute atomic E-state index is 13.6. The highest BCUT2D eigenvalue weighted by molar-refractivity contribution is 5.29. The van der Waals surface area contributed by atoms with E-state index < -0.39 is 0 Å². The zero-order chi connectivity index (χ0) is 12.3. The molecule has 17 heavy (non-hydrogen) atoms. The summed E-state index contributed by atoms with van der Waals surface area (Å²) in [5.74, 6) is 0.133. The molecule has 1 aliphatic rings. The zero-order valence-corrected chi connectivity index (χ0v) is 10.5. The number of halogens is 1. The molecule has 0 amide bonds. The second kappa shape index (κ2) is 5.50. The molecule has 2 unspecified atom stereocenters. The lowest BCUT2D eigenvalue weighted by Crippen LogP contribution is -2.36. The Bertz CT molecular complexity index is 380. The minimum Gasteiger partial charge on any atom is -0.487 e. The van der Waals surface area contributed by atoms with E-state index in [1.165, 1.54) is 12.5 Å². The number of hydrogen-bond acceptors (Lipinski definition) is 2. The first kappa shape index (κ1) is 12.4. The normalized spacial score (nSPS) is 24.6. The van der Waals surface area contributed by atoms with Gasteiger partial charge >= 0.3 is 0 Å². The van der Waals surface area contributed by atoms with Gasteiger partial charge in [0, 0.05) is 6.04 Å². The molecule has 2 nitrogen and oxygen atoms in total. The highest BCUT2D eigenvalue weighted by Crippen LogP contribution is 2.26. The van der Waals surface area contributed by atoms with Crippen molar-refractivity contribution in [2.75, 3.05) is 7.05 Å². The minimum absolute atomic E-state index is 0.137.